The summed E-state index contributed by atoms with van der Waals surface area (Å²) >= 11 is 6.52. The highest BCUT2D eigenvalue weighted by Gasteiger charge is 2.23. The van der Waals surface area contributed by atoms with E-state index in [1.54, 1.807) is 17.5 Å². The van der Waals surface area contributed by atoms with Crippen molar-refractivity contribution in [2.75, 3.05) is 10.0 Å². The molecule has 10 heteroatoms. The predicted octanol–water partition coefficient (Wildman–Crippen LogP) is 4.59. The molecule has 0 fully saturated rings. The van der Waals surface area contributed by atoms with Gasteiger partial charge in [-0.1, -0.05) is 60.7 Å². The van der Waals surface area contributed by atoms with Crippen molar-refractivity contribution in [1.82, 2.24) is 10.3 Å². The van der Waals surface area contributed by atoms with E-state index in [4.69, 9.17) is 12.2 Å². The van der Waals surface area contributed by atoms with Crippen molar-refractivity contribution in [3.05, 3.63) is 108 Å². The molecule has 0 spiro atoms. The van der Waals surface area contributed by atoms with E-state index in [0.29, 0.717) is 5.69 Å². The van der Waals surface area contributed by atoms with Crippen LogP contribution in [0.1, 0.15) is 17.0 Å². The third-order valence-corrected chi connectivity index (χ3v) is 7.22. The molecule has 0 saturated heterocycles. The van der Waals surface area contributed by atoms with Gasteiger partial charge < -0.3 is 10.6 Å². The van der Waals surface area contributed by atoms with Gasteiger partial charge in [-0.3, -0.25) is 9.52 Å². The minimum Gasteiger partial charge on any atom is -0.332 e. The van der Waals surface area contributed by atoms with Crippen LogP contribution in [0.3, 0.4) is 0 Å². The summed E-state index contributed by atoms with van der Waals surface area (Å²) in [6.45, 7) is 0. The second-order valence-corrected chi connectivity index (χ2v) is 10.2. The zero-order valence-electron chi connectivity index (χ0n) is 17.7. The largest absolute Gasteiger partial charge is 0.332 e. The van der Waals surface area contributed by atoms with Gasteiger partial charge in [-0.05, 0) is 47.6 Å². The Morgan fingerprint density at radius 2 is 1.47 bits per heavy atom. The first-order valence-corrected chi connectivity index (χ1v) is 12.9. The molecule has 172 valence electrons. The number of carbonyl (C=O) groups excluding carboxylic acids is 1. The minimum atomic E-state index is -3.75. The van der Waals surface area contributed by atoms with Gasteiger partial charge in [0.2, 0.25) is 5.91 Å². The molecule has 7 nitrogen and oxygen atoms in total. The lowest BCUT2D eigenvalue weighted by Gasteiger charge is -2.18. The maximum atomic E-state index is 13.2. The molecule has 0 aliphatic carbocycles. The number of rotatable bonds is 7. The van der Waals surface area contributed by atoms with E-state index < -0.39 is 15.9 Å². The summed E-state index contributed by atoms with van der Waals surface area (Å²) in [6.07, 6.45) is 1.52. The van der Waals surface area contributed by atoms with E-state index in [-0.39, 0.29) is 21.0 Å². The fourth-order valence-corrected chi connectivity index (χ4v) is 5.30. The van der Waals surface area contributed by atoms with Crippen LogP contribution < -0.4 is 15.4 Å². The van der Waals surface area contributed by atoms with Gasteiger partial charge in [0, 0.05) is 17.3 Å². The highest BCUT2D eigenvalue weighted by Crippen LogP contribution is 2.25. The molecule has 34 heavy (non-hydrogen) atoms. The lowest BCUT2D eigenvalue weighted by atomic mass is 9.90. The number of aromatic nitrogens is 1. The highest BCUT2D eigenvalue weighted by molar-refractivity contribution is 7.93. The van der Waals surface area contributed by atoms with E-state index in [1.807, 2.05) is 60.7 Å². The molecular formula is C24H20N4O3S3. The van der Waals surface area contributed by atoms with Gasteiger partial charge in [0.1, 0.15) is 0 Å². The summed E-state index contributed by atoms with van der Waals surface area (Å²) in [5, 5.41) is 7.75. The van der Waals surface area contributed by atoms with Crippen molar-refractivity contribution in [2.45, 2.75) is 10.8 Å². The molecular weight excluding hydrogens is 488 g/mol. The van der Waals surface area contributed by atoms with Crippen LogP contribution in [0.4, 0.5) is 10.8 Å². The van der Waals surface area contributed by atoms with E-state index >= 15 is 0 Å². The fraction of sp³-hybridized carbons (Fsp3) is 0.0417. The normalized spacial score (nSPS) is 11.1. The molecule has 0 atom stereocenters. The summed E-state index contributed by atoms with van der Waals surface area (Å²) in [6, 6.07) is 24.9. The van der Waals surface area contributed by atoms with Gasteiger partial charge in [-0.25, -0.2) is 13.4 Å². The summed E-state index contributed by atoms with van der Waals surface area (Å²) in [5.74, 6) is -0.812. The van der Waals surface area contributed by atoms with E-state index in [9.17, 15) is 13.2 Å². The van der Waals surface area contributed by atoms with Crippen LogP contribution in [0.5, 0.6) is 0 Å². The lowest BCUT2D eigenvalue weighted by molar-refractivity contribution is -0.120. The van der Waals surface area contributed by atoms with Gasteiger partial charge in [0.05, 0.1) is 10.8 Å². The Morgan fingerprint density at radius 3 is 2.00 bits per heavy atom. The first-order chi connectivity index (χ1) is 16.4. The van der Waals surface area contributed by atoms with Crippen LogP contribution in [0, 0.1) is 0 Å². The number of carbonyl (C=O) groups is 1. The molecule has 0 aliphatic heterocycles. The number of hydrogen-bond acceptors (Lipinski definition) is 6. The van der Waals surface area contributed by atoms with E-state index in [1.165, 1.54) is 29.7 Å². The summed E-state index contributed by atoms with van der Waals surface area (Å²) in [4.78, 5) is 17.2. The van der Waals surface area contributed by atoms with Crippen molar-refractivity contribution in [1.29, 1.82) is 0 Å². The maximum absolute atomic E-state index is 13.2. The Kier molecular flexibility index (Phi) is 7.31. The molecule has 0 aliphatic rings. The summed E-state index contributed by atoms with van der Waals surface area (Å²) < 4.78 is 27.4. The monoisotopic (exact) mass is 508 g/mol. The molecule has 4 rings (SSSR count). The molecule has 3 aromatic carbocycles. The average molecular weight is 509 g/mol. The molecule has 4 aromatic rings. The van der Waals surface area contributed by atoms with Crippen LogP contribution in [-0.2, 0) is 14.8 Å². The summed E-state index contributed by atoms with van der Waals surface area (Å²) in [7, 11) is -3.75. The standard InChI is InChI=1S/C24H20N4O3S3/c29-22(21(17-7-3-1-4-8-17)18-9-5-2-6-10-18)27-23(32)26-19-11-13-20(14-12-19)34(30,31)28-24-25-15-16-33-24/h1-16,21H,(H,25,28)(H2,26,27,29,32). The third kappa shape index (κ3) is 5.84. The zero-order chi connectivity index (χ0) is 24.0. The Balaban J connectivity index is 1.44. The smallest absolute Gasteiger partial charge is 0.263 e. The van der Waals surface area contributed by atoms with Crippen molar-refractivity contribution < 1.29 is 13.2 Å². The second kappa shape index (κ2) is 10.6. The molecule has 1 heterocycles. The van der Waals surface area contributed by atoms with Crippen LogP contribution >= 0.6 is 23.6 Å². The van der Waals surface area contributed by atoms with E-state index in [0.717, 1.165) is 11.1 Å². The van der Waals surface area contributed by atoms with Gasteiger partial charge in [0.15, 0.2) is 10.2 Å². The SMILES string of the molecule is O=C(NC(=S)Nc1ccc(S(=O)(=O)Nc2nccs2)cc1)C(c1ccccc1)c1ccccc1. The Bertz CT molecular complexity index is 1320. The molecule has 0 radical (unpaired) electrons. The lowest BCUT2D eigenvalue weighted by Crippen LogP contribution is -2.37. The molecule has 0 unspecified atom stereocenters. The first-order valence-electron chi connectivity index (χ1n) is 10.2. The number of hydrogen-bond donors (Lipinski definition) is 3. The fourth-order valence-electron chi connectivity index (χ4n) is 3.30. The quantitative estimate of drug-likeness (QED) is 0.316. The number of nitrogens with zero attached hydrogens (tertiary/aromatic N) is 1. The first kappa shape index (κ1) is 23.6. The topological polar surface area (TPSA) is 100 Å². The molecule has 1 amide bonds. The average Bonchev–Trinajstić information content (AvgIpc) is 3.33. The summed E-state index contributed by atoms with van der Waals surface area (Å²) in [5.41, 5.74) is 2.22. The Hall–Kier alpha value is -3.60. The van der Waals surface area contributed by atoms with Crippen LogP contribution in [0.15, 0.2) is 101 Å². The highest BCUT2D eigenvalue weighted by atomic mass is 32.2. The Morgan fingerprint density at radius 1 is 0.882 bits per heavy atom. The van der Waals surface area contributed by atoms with Gasteiger partial charge in [-0.2, -0.15) is 0 Å². The number of thiazole rings is 1. The predicted molar refractivity (Wildman–Crippen MR) is 138 cm³/mol. The van der Waals surface area contributed by atoms with Crippen LogP contribution in [0.2, 0.25) is 0 Å². The van der Waals surface area contributed by atoms with Crippen molar-refractivity contribution in [2.24, 2.45) is 0 Å². The van der Waals surface area contributed by atoms with E-state index in [2.05, 4.69) is 20.3 Å². The number of anilines is 2. The number of nitrogens with one attached hydrogen (secondary N) is 3. The molecule has 1 aromatic heterocycles. The molecule has 0 saturated carbocycles. The number of sulfonamides is 1. The van der Waals surface area contributed by atoms with Gasteiger partial charge in [0.25, 0.3) is 10.0 Å². The van der Waals surface area contributed by atoms with Crippen molar-refractivity contribution in [3.8, 4) is 0 Å². The van der Waals surface area contributed by atoms with Crippen LogP contribution in [0.25, 0.3) is 0 Å². The van der Waals surface area contributed by atoms with Crippen molar-refractivity contribution >= 4 is 55.4 Å². The van der Waals surface area contributed by atoms with Crippen molar-refractivity contribution in [3.63, 3.8) is 0 Å². The number of amides is 1. The maximum Gasteiger partial charge on any atom is 0.263 e. The minimum absolute atomic E-state index is 0.0800. The third-order valence-electron chi connectivity index (χ3n) is 4.84. The van der Waals surface area contributed by atoms with Gasteiger partial charge in [-0.15, -0.1) is 11.3 Å². The van der Waals surface area contributed by atoms with Gasteiger partial charge >= 0.3 is 0 Å². The molecule has 0 bridgehead atoms. The number of benzene rings is 3. The second-order valence-electron chi connectivity index (χ2n) is 7.16. The Labute approximate surface area is 206 Å². The zero-order valence-corrected chi connectivity index (χ0v) is 20.2. The molecule has 3 N–H and O–H groups in total. The van der Waals surface area contributed by atoms with Crippen LogP contribution in [-0.4, -0.2) is 24.4 Å². The number of thiocarbonyl (C=S) groups is 1.